The molecule has 4 aliphatic carbocycles. The van der Waals surface area contributed by atoms with Gasteiger partial charge >= 0.3 is 0 Å². The van der Waals surface area contributed by atoms with Crippen LogP contribution in [0.3, 0.4) is 0 Å². The summed E-state index contributed by atoms with van der Waals surface area (Å²) in [6, 6.07) is 0. The summed E-state index contributed by atoms with van der Waals surface area (Å²) >= 11 is 0. The molecule has 0 amide bonds. The van der Waals surface area contributed by atoms with Gasteiger partial charge in [-0.3, -0.25) is 4.79 Å². The minimum Gasteiger partial charge on any atom is -0.390 e. The third-order valence-electron chi connectivity index (χ3n) is 12.2. The molecular formula is C30H50O3. The van der Waals surface area contributed by atoms with E-state index in [1.165, 1.54) is 44.1 Å². The van der Waals surface area contributed by atoms with Crippen molar-refractivity contribution >= 4 is 5.78 Å². The van der Waals surface area contributed by atoms with Gasteiger partial charge in [0.25, 0.3) is 0 Å². The summed E-state index contributed by atoms with van der Waals surface area (Å²) in [6.45, 7) is 20.1. The van der Waals surface area contributed by atoms with E-state index in [1.54, 1.807) is 13.8 Å². The van der Waals surface area contributed by atoms with Crippen LogP contribution in [0.2, 0.25) is 0 Å². The lowest BCUT2D eigenvalue weighted by atomic mass is 9.35. The number of aliphatic hydroxyl groups excluding tert-OH is 1. The van der Waals surface area contributed by atoms with Gasteiger partial charge in [0.2, 0.25) is 0 Å². The highest BCUT2D eigenvalue weighted by Gasteiger charge is 2.68. The average Bonchev–Trinajstić information content (AvgIpc) is 3.07. The van der Waals surface area contributed by atoms with Crippen LogP contribution >= 0.6 is 0 Å². The number of ketones is 1. The summed E-state index contributed by atoms with van der Waals surface area (Å²) in [4.78, 5) is 12.8. The molecule has 0 saturated heterocycles. The van der Waals surface area contributed by atoms with Crippen LogP contribution in [-0.4, -0.2) is 27.7 Å². The number of allylic oxidation sites excluding steroid dienone is 1. The summed E-state index contributed by atoms with van der Waals surface area (Å²) in [7, 11) is 0. The van der Waals surface area contributed by atoms with Gasteiger partial charge in [0.05, 0.1) is 11.7 Å². The average molecular weight is 459 g/mol. The van der Waals surface area contributed by atoms with Crippen LogP contribution in [0.25, 0.3) is 0 Å². The smallest absolute Gasteiger partial charge is 0.138 e. The minimum atomic E-state index is -1.06. The van der Waals surface area contributed by atoms with E-state index in [0.29, 0.717) is 46.7 Å². The highest BCUT2D eigenvalue weighted by atomic mass is 16.3. The van der Waals surface area contributed by atoms with Gasteiger partial charge in [0, 0.05) is 11.8 Å². The van der Waals surface area contributed by atoms with E-state index in [1.807, 2.05) is 0 Å². The number of fused-ring (bicyclic) bond motifs is 5. The molecule has 0 aromatic carbocycles. The van der Waals surface area contributed by atoms with Crippen molar-refractivity contribution in [1.29, 1.82) is 0 Å². The molecule has 0 aliphatic heterocycles. The highest BCUT2D eigenvalue weighted by Crippen LogP contribution is 2.75. The van der Waals surface area contributed by atoms with Crippen LogP contribution < -0.4 is 0 Å². The van der Waals surface area contributed by atoms with Crippen molar-refractivity contribution in [1.82, 2.24) is 0 Å². The Labute approximate surface area is 202 Å². The normalized spacial score (nSPS) is 45.7. The molecule has 4 fully saturated rings. The molecular weight excluding hydrogens is 408 g/mol. The van der Waals surface area contributed by atoms with Crippen LogP contribution in [0, 0.1) is 45.3 Å². The lowest BCUT2D eigenvalue weighted by Gasteiger charge is -2.69. The summed E-state index contributed by atoms with van der Waals surface area (Å²) in [5, 5.41) is 20.5. The van der Waals surface area contributed by atoms with E-state index in [4.69, 9.17) is 0 Å². The molecule has 188 valence electrons. The number of hydrogen-bond acceptors (Lipinski definition) is 3. The molecule has 0 radical (unpaired) electrons. The molecule has 4 rings (SSSR count). The molecule has 2 N–H and O–H groups in total. The van der Waals surface area contributed by atoms with Crippen molar-refractivity contribution < 1.29 is 15.0 Å². The van der Waals surface area contributed by atoms with Crippen molar-refractivity contribution in [2.45, 2.75) is 124 Å². The van der Waals surface area contributed by atoms with Gasteiger partial charge in [0.15, 0.2) is 0 Å². The Hall–Kier alpha value is -0.670. The number of hydrogen-bond donors (Lipinski definition) is 2. The number of Topliss-reactive ketones (excluding diaryl/α,β-unsaturated/α-hetero) is 1. The lowest BCUT2D eigenvalue weighted by Crippen LogP contribution is -2.63. The largest absolute Gasteiger partial charge is 0.390 e. The molecule has 3 nitrogen and oxygen atoms in total. The zero-order valence-corrected chi connectivity index (χ0v) is 22.5. The quantitative estimate of drug-likeness (QED) is 0.450. The zero-order valence-electron chi connectivity index (χ0n) is 22.5. The summed E-state index contributed by atoms with van der Waals surface area (Å²) < 4.78 is 0. The van der Waals surface area contributed by atoms with Crippen molar-refractivity contribution in [2.24, 2.45) is 45.3 Å². The minimum absolute atomic E-state index is 0.181. The number of carbonyl (C=O) groups is 1. The van der Waals surface area contributed by atoms with Crippen molar-refractivity contribution in [3.63, 3.8) is 0 Å². The van der Waals surface area contributed by atoms with Crippen LogP contribution in [0.15, 0.2) is 12.2 Å². The summed E-state index contributed by atoms with van der Waals surface area (Å²) in [5.74, 6) is 2.90. The molecule has 0 spiro atoms. The van der Waals surface area contributed by atoms with Gasteiger partial charge in [0.1, 0.15) is 5.78 Å². The second-order valence-electron chi connectivity index (χ2n) is 14.3. The molecule has 4 saturated carbocycles. The highest BCUT2D eigenvalue weighted by molar-refractivity contribution is 5.85. The van der Waals surface area contributed by atoms with E-state index in [2.05, 4.69) is 41.2 Å². The fourth-order valence-electron chi connectivity index (χ4n) is 9.89. The zero-order chi connectivity index (χ0) is 24.6. The third kappa shape index (κ3) is 3.62. The molecule has 0 aromatic rings. The van der Waals surface area contributed by atoms with Crippen LogP contribution in [-0.2, 0) is 4.79 Å². The Morgan fingerprint density at radius 2 is 1.64 bits per heavy atom. The van der Waals surface area contributed by atoms with Crippen LogP contribution in [0.1, 0.15) is 113 Å². The fraction of sp³-hybridized carbons (Fsp3) is 0.900. The molecule has 0 bridgehead atoms. The standard InChI is InChI=1S/C30H50O3/c1-19(9-12-25(32)27(4,5)33)20-13-17-29(7)21(20)10-11-23-28(6)16-15-24(31)26(2,3)22(28)14-18-30(23,29)8/h20-23,25,32-33H,1,9-18H2,2-8H3/t20-,21-,22+,23-,25?,28+,29-,30-/m1/s1. The predicted molar refractivity (Wildman–Crippen MR) is 135 cm³/mol. The second-order valence-corrected chi connectivity index (χ2v) is 14.3. The van der Waals surface area contributed by atoms with Gasteiger partial charge in [-0.2, -0.15) is 0 Å². The Balaban J connectivity index is 1.55. The first-order valence-corrected chi connectivity index (χ1v) is 13.7. The Morgan fingerprint density at radius 3 is 2.27 bits per heavy atom. The Bertz CT molecular complexity index is 806. The number of rotatable bonds is 5. The van der Waals surface area contributed by atoms with Gasteiger partial charge in [-0.05, 0) is 112 Å². The molecule has 0 aromatic heterocycles. The van der Waals surface area contributed by atoms with E-state index in [9.17, 15) is 15.0 Å². The Morgan fingerprint density at radius 1 is 1.00 bits per heavy atom. The monoisotopic (exact) mass is 458 g/mol. The number of aliphatic hydroxyl groups is 2. The van der Waals surface area contributed by atoms with Crippen molar-refractivity contribution in [3.05, 3.63) is 12.2 Å². The van der Waals surface area contributed by atoms with Gasteiger partial charge in [-0.15, -0.1) is 0 Å². The predicted octanol–water partition coefficient (Wildman–Crippen LogP) is 6.71. The van der Waals surface area contributed by atoms with Crippen LogP contribution in [0.5, 0.6) is 0 Å². The van der Waals surface area contributed by atoms with Gasteiger partial charge in [-0.25, -0.2) is 0 Å². The van der Waals surface area contributed by atoms with Crippen molar-refractivity contribution in [3.8, 4) is 0 Å². The van der Waals surface area contributed by atoms with E-state index in [-0.39, 0.29) is 10.8 Å². The van der Waals surface area contributed by atoms with Gasteiger partial charge < -0.3 is 10.2 Å². The van der Waals surface area contributed by atoms with Crippen molar-refractivity contribution in [2.75, 3.05) is 0 Å². The van der Waals surface area contributed by atoms with E-state index >= 15 is 0 Å². The maximum Gasteiger partial charge on any atom is 0.138 e. The SMILES string of the molecule is C=C(CCC(O)C(C)(C)O)[C@H]1CC[C@]2(C)[C@@H]1CC[C@@H]1[C@@]3(C)CCC(=O)C(C)(C)[C@@H]3CC[C@]12C. The molecule has 0 heterocycles. The van der Waals surface area contributed by atoms with E-state index < -0.39 is 11.7 Å². The first kappa shape index (κ1) is 25.4. The lowest BCUT2D eigenvalue weighted by molar-refractivity contribution is -0.201. The maximum atomic E-state index is 12.8. The first-order chi connectivity index (χ1) is 15.1. The summed E-state index contributed by atoms with van der Waals surface area (Å²) in [6.07, 6.45) is 9.99. The second kappa shape index (κ2) is 7.92. The first-order valence-electron chi connectivity index (χ1n) is 13.7. The maximum absolute atomic E-state index is 12.8. The molecule has 33 heavy (non-hydrogen) atoms. The molecule has 3 heteroatoms. The summed E-state index contributed by atoms with van der Waals surface area (Å²) in [5.41, 5.74) is 0.958. The van der Waals surface area contributed by atoms with E-state index in [0.717, 1.165) is 19.3 Å². The fourth-order valence-corrected chi connectivity index (χ4v) is 9.89. The topological polar surface area (TPSA) is 57.5 Å². The molecule has 4 aliphatic rings. The van der Waals surface area contributed by atoms with Crippen LogP contribution in [0.4, 0.5) is 0 Å². The molecule has 1 unspecified atom stereocenters. The third-order valence-corrected chi connectivity index (χ3v) is 12.2. The Kier molecular flexibility index (Phi) is 6.10. The number of carbonyl (C=O) groups excluding carboxylic acids is 1. The van der Waals surface area contributed by atoms with Gasteiger partial charge in [-0.1, -0.05) is 46.8 Å². The molecule has 8 atom stereocenters.